The van der Waals surface area contributed by atoms with Crippen molar-refractivity contribution in [3.8, 4) is 11.3 Å². The lowest BCUT2D eigenvalue weighted by Gasteiger charge is -2.18. The Morgan fingerprint density at radius 2 is 2.00 bits per heavy atom. The van der Waals surface area contributed by atoms with Gasteiger partial charge in [0.15, 0.2) is 5.58 Å². The molecular formula is C22H26F3N5O3. The number of nitrogens with zero attached hydrogens (tertiary/aromatic N) is 3. The zero-order valence-electron chi connectivity index (χ0n) is 18.3. The number of anilines is 2. The van der Waals surface area contributed by atoms with Crippen LogP contribution in [0.3, 0.4) is 0 Å². The maximum atomic E-state index is 12.7. The van der Waals surface area contributed by atoms with Crippen LogP contribution in [0.4, 0.5) is 24.9 Å². The first kappa shape index (κ1) is 23.2. The van der Waals surface area contributed by atoms with Crippen molar-refractivity contribution >= 4 is 22.7 Å². The summed E-state index contributed by atoms with van der Waals surface area (Å²) in [5.74, 6) is 0.311. The van der Waals surface area contributed by atoms with Gasteiger partial charge in [0.25, 0.3) is 0 Å². The molecule has 0 unspecified atom stereocenters. The third kappa shape index (κ3) is 5.19. The number of fused-ring (bicyclic) bond motifs is 1. The molecule has 3 aromatic heterocycles. The van der Waals surface area contributed by atoms with Crippen molar-refractivity contribution in [2.75, 3.05) is 23.8 Å². The van der Waals surface area contributed by atoms with Gasteiger partial charge in [0.05, 0.1) is 23.6 Å². The molecule has 4 rings (SSSR count). The minimum atomic E-state index is -4.42. The molecule has 11 heteroatoms. The van der Waals surface area contributed by atoms with Gasteiger partial charge in [-0.25, -0.2) is 4.98 Å². The molecule has 0 spiro atoms. The Hall–Kier alpha value is -2.92. The van der Waals surface area contributed by atoms with Crippen molar-refractivity contribution in [3.63, 3.8) is 0 Å². The molecule has 0 bridgehead atoms. The van der Waals surface area contributed by atoms with Crippen LogP contribution in [-0.4, -0.2) is 56.6 Å². The molecule has 0 aliphatic heterocycles. The van der Waals surface area contributed by atoms with Crippen LogP contribution in [0.25, 0.3) is 22.3 Å². The van der Waals surface area contributed by atoms with E-state index in [0.29, 0.717) is 41.3 Å². The highest BCUT2D eigenvalue weighted by Gasteiger charge is 2.34. The smallest absolute Gasteiger partial charge is 0.405 e. The Kier molecular flexibility index (Phi) is 6.44. The molecule has 33 heavy (non-hydrogen) atoms. The Bertz CT molecular complexity index is 1130. The molecule has 3 heterocycles. The van der Waals surface area contributed by atoms with E-state index >= 15 is 0 Å². The summed E-state index contributed by atoms with van der Waals surface area (Å²) in [6.45, 7) is 2.25. The second-order valence-electron chi connectivity index (χ2n) is 8.33. The van der Waals surface area contributed by atoms with Crippen molar-refractivity contribution in [1.82, 2.24) is 15.0 Å². The molecule has 1 fully saturated rings. The van der Waals surface area contributed by atoms with E-state index in [0.717, 1.165) is 17.5 Å². The van der Waals surface area contributed by atoms with Gasteiger partial charge in [0, 0.05) is 29.6 Å². The van der Waals surface area contributed by atoms with E-state index < -0.39 is 18.8 Å². The van der Waals surface area contributed by atoms with Gasteiger partial charge in [0.1, 0.15) is 18.1 Å². The standard InChI is InChI=1S/C22H26F3N5O3/c1-3-14-4-12-6-17(33-18(12)8-26-14)19-11(2)28-21(27-10-22(23,24)25)30-20(19)29-15-5-13(9-31)16(32)7-15/h4,6,8,13,15-16,31-32H,3,5,7,9-10H2,1-2H3,(H2,27,28,29,30)/t13-,15-,16+/m1/s1. The maximum absolute atomic E-state index is 12.7. The largest absolute Gasteiger partial charge is 0.454 e. The third-order valence-electron chi connectivity index (χ3n) is 5.84. The van der Waals surface area contributed by atoms with E-state index in [9.17, 15) is 23.4 Å². The normalized spacial score (nSPS) is 21.0. The van der Waals surface area contributed by atoms with Crippen LogP contribution < -0.4 is 10.6 Å². The molecule has 0 saturated heterocycles. The average molecular weight is 465 g/mol. The van der Waals surface area contributed by atoms with Crippen molar-refractivity contribution in [3.05, 3.63) is 29.7 Å². The molecule has 1 aliphatic rings. The topological polar surface area (TPSA) is 116 Å². The molecule has 3 atom stereocenters. The lowest BCUT2D eigenvalue weighted by Crippen LogP contribution is -2.24. The quantitative estimate of drug-likeness (QED) is 0.418. The first-order chi connectivity index (χ1) is 15.7. The van der Waals surface area contributed by atoms with Crippen molar-refractivity contribution in [1.29, 1.82) is 0 Å². The second kappa shape index (κ2) is 9.14. The van der Waals surface area contributed by atoms with E-state index in [-0.39, 0.29) is 24.5 Å². The van der Waals surface area contributed by atoms with Gasteiger partial charge in [-0.3, -0.25) is 4.98 Å². The van der Waals surface area contributed by atoms with E-state index in [4.69, 9.17) is 4.42 Å². The molecule has 1 aliphatic carbocycles. The third-order valence-corrected chi connectivity index (χ3v) is 5.84. The Morgan fingerprint density at radius 3 is 2.67 bits per heavy atom. The van der Waals surface area contributed by atoms with Crippen LogP contribution in [-0.2, 0) is 6.42 Å². The summed E-state index contributed by atoms with van der Waals surface area (Å²) in [6.07, 6.45) is -1.82. The number of furan rings is 1. The highest BCUT2D eigenvalue weighted by molar-refractivity contribution is 5.86. The fraction of sp³-hybridized carbons (Fsp3) is 0.500. The number of hydrogen-bond acceptors (Lipinski definition) is 8. The fourth-order valence-electron chi connectivity index (χ4n) is 4.15. The molecule has 3 aromatic rings. The fourth-order valence-corrected chi connectivity index (χ4v) is 4.15. The number of aryl methyl sites for hydroxylation is 2. The van der Waals surface area contributed by atoms with Crippen LogP contribution in [0.15, 0.2) is 22.7 Å². The van der Waals surface area contributed by atoms with Crippen molar-refractivity contribution in [2.45, 2.75) is 51.4 Å². The van der Waals surface area contributed by atoms with Gasteiger partial charge in [0.2, 0.25) is 5.95 Å². The minimum Gasteiger partial charge on any atom is -0.454 e. The van der Waals surface area contributed by atoms with Crippen LogP contribution >= 0.6 is 0 Å². The van der Waals surface area contributed by atoms with Crippen molar-refractivity contribution < 1.29 is 27.8 Å². The van der Waals surface area contributed by atoms with E-state index in [2.05, 4.69) is 25.6 Å². The number of hydrogen-bond donors (Lipinski definition) is 4. The summed E-state index contributed by atoms with van der Waals surface area (Å²) in [6, 6.07) is 3.53. The highest BCUT2D eigenvalue weighted by atomic mass is 19.4. The molecule has 0 amide bonds. The SMILES string of the molecule is CCc1cc2cc(-c3c(C)nc(NCC(F)(F)F)nc3N[C@@H]3C[C@H](CO)[C@@H](O)C3)oc2cn1. The maximum Gasteiger partial charge on any atom is 0.405 e. The van der Waals surface area contributed by atoms with Gasteiger partial charge < -0.3 is 25.3 Å². The number of aliphatic hydroxyl groups excluding tert-OH is 2. The molecule has 1 saturated carbocycles. The summed E-state index contributed by atoms with van der Waals surface area (Å²) in [4.78, 5) is 12.9. The van der Waals surface area contributed by atoms with Crippen LogP contribution in [0.2, 0.25) is 0 Å². The number of nitrogens with one attached hydrogen (secondary N) is 2. The lowest BCUT2D eigenvalue weighted by molar-refractivity contribution is -0.115. The first-order valence-corrected chi connectivity index (χ1v) is 10.8. The number of aromatic nitrogens is 3. The predicted octanol–water partition coefficient (Wildman–Crippen LogP) is 3.67. The lowest BCUT2D eigenvalue weighted by atomic mass is 10.1. The molecule has 178 valence electrons. The van der Waals surface area contributed by atoms with Gasteiger partial charge in [-0.05, 0) is 38.3 Å². The van der Waals surface area contributed by atoms with Gasteiger partial charge in [-0.1, -0.05) is 6.92 Å². The average Bonchev–Trinajstić information content (AvgIpc) is 3.33. The highest BCUT2D eigenvalue weighted by Crippen LogP contribution is 2.37. The van der Waals surface area contributed by atoms with E-state index in [1.807, 2.05) is 19.1 Å². The summed E-state index contributed by atoms with van der Waals surface area (Å²) >= 11 is 0. The zero-order chi connectivity index (χ0) is 23.8. The number of rotatable bonds is 7. The van der Waals surface area contributed by atoms with Gasteiger partial charge >= 0.3 is 6.18 Å². The summed E-state index contributed by atoms with van der Waals surface area (Å²) in [7, 11) is 0. The second-order valence-corrected chi connectivity index (χ2v) is 8.33. The van der Waals surface area contributed by atoms with Crippen LogP contribution in [0.1, 0.15) is 31.2 Å². The van der Waals surface area contributed by atoms with Gasteiger partial charge in [-0.2, -0.15) is 18.2 Å². The molecular weight excluding hydrogens is 439 g/mol. The Balaban J connectivity index is 1.73. The summed E-state index contributed by atoms with van der Waals surface area (Å²) in [5.41, 5.74) is 2.42. The number of alkyl halides is 3. The molecule has 4 N–H and O–H groups in total. The van der Waals surface area contributed by atoms with Crippen molar-refractivity contribution in [2.24, 2.45) is 5.92 Å². The number of halogens is 3. The van der Waals surface area contributed by atoms with Gasteiger partial charge in [-0.15, -0.1) is 0 Å². The predicted molar refractivity (Wildman–Crippen MR) is 117 cm³/mol. The number of aliphatic hydroxyl groups is 2. The molecule has 0 radical (unpaired) electrons. The zero-order valence-corrected chi connectivity index (χ0v) is 18.3. The first-order valence-electron chi connectivity index (χ1n) is 10.8. The van der Waals surface area contributed by atoms with Crippen LogP contribution in [0.5, 0.6) is 0 Å². The van der Waals surface area contributed by atoms with E-state index in [1.165, 1.54) is 0 Å². The summed E-state index contributed by atoms with van der Waals surface area (Å²) in [5, 5.41) is 25.9. The minimum absolute atomic E-state index is 0.149. The number of pyridine rings is 1. The molecule has 8 nitrogen and oxygen atoms in total. The summed E-state index contributed by atoms with van der Waals surface area (Å²) < 4.78 is 44.1. The monoisotopic (exact) mass is 465 g/mol. The Labute approximate surface area is 188 Å². The van der Waals surface area contributed by atoms with E-state index in [1.54, 1.807) is 13.1 Å². The molecule has 0 aromatic carbocycles. The Morgan fingerprint density at radius 1 is 1.21 bits per heavy atom. The van der Waals surface area contributed by atoms with Crippen LogP contribution in [0, 0.1) is 12.8 Å².